The smallest absolute Gasteiger partial charge is 0.339 e. The van der Waals surface area contributed by atoms with Gasteiger partial charge in [0.2, 0.25) is 0 Å². The van der Waals surface area contributed by atoms with E-state index in [1.165, 1.54) is 30.3 Å². The third-order valence-corrected chi connectivity index (χ3v) is 4.80. The fourth-order valence-electron chi connectivity index (χ4n) is 3.25. The molecule has 1 aliphatic carbocycles. The van der Waals surface area contributed by atoms with E-state index in [9.17, 15) is 34.8 Å². The van der Waals surface area contributed by atoms with Gasteiger partial charge in [0.25, 0.3) is 0 Å². The van der Waals surface area contributed by atoms with Crippen molar-refractivity contribution in [2.75, 3.05) is 0 Å². The zero-order valence-corrected chi connectivity index (χ0v) is 16.1. The molecule has 152 valence electrons. The van der Waals surface area contributed by atoms with Crippen LogP contribution in [-0.2, 0) is 4.79 Å². The molecule has 0 heterocycles. The minimum absolute atomic E-state index is 0.178. The highest BCUT2D eigenvalue weighted by molar-refractivity contribution is 6.07. The molecule has 0 aliphatic heterocycles. The number of hydrogen-bond donors (Lipinski definition) is 4. The molecule has 0 amide bonds. The second-order valence-corrected chi connectivity index (χ2v) is 6.89. The minimum atomic E-state index is -1.33. The first-order valence-corrected chi connectivity index (χ1v) is 8.89. The Kier molecular flexibility index (Phi) is 5.29. The summed E-state index contributed by atoms with van der Waals surface area (Å²) in [5.74, 6) is -3.60. The van der Waals surface area contributed by atoms with Crippen molar-refractivity contribution in [3.8, 4) is 11.5 Å². The van der Waals surface area contributed by atoms with Gasteiger partial charge in [0, 0.05) is 0 Å². The van der Waals surface area contributed by atoms with Crippen LogP contribution in [0.15, 0.2) is 59.7 Å². The number of carboxylic acid groups (broad SMARTS) is 2. The van der Waals surface area contributed by atoms with Gasteiger partial charge in [0.15, 0.2) is 5.78 Å². The van der Waals surface area contributed by atoms with E-state index in [-0.39, 0.29) is 22.7 Å². The zero-order chi connectivity index (χ0) is 22.2. The standard InChI is InChI=1S/C23H18O7/c1-11-7-13(3-5-18(11)24)20(14-4-6-19(25)16(9-14)22(27)28)15-8-12(2)21(26)17(10-15)23(29)30/h3-10,25-26H,1-2H3,(H,27,28)(H,29,30). The maximum absolute atomic E-state index is 11.9. The van der Waals surface area contributed by atoms with Gasteiger partial charge in [-0.15, -0.1) is 0 Å². The molecule has 3 rings (SSSR count). The number of allylic oxidation sites excluding steroid dienone is 5. The fraction of sp³-hybridized carbons (Fsp3) is 0.0870. The summed E-state index contributed by atoms with van der Waals surface area (Å²) >= 11 is 0. The molecule has 30 heavy (non-hydrogen) atoms. The number of carbonyl (C=O) groups is 3. The van der Waals surface area contributed by atoms with Crippen LogP contribution in [0.4, 0.5) is 0 Å². The van der Waals surface area contributed by atoms with Crippen molar-refractivity contribution in [2.24, 2.45) is 0 Å². The Morgan fingerprint density at radius 3 is 2.07 bits per heavy atom. The number of aryl methyl sites for hydroxylation is 1. The number of phenols is 2. The first-order valence-electron chi connectivity index (χ1n) is 8.89. The third-order valence-electron chi connectivity index (χ3n) is 4.80. The summed E-state index contributed by atoms with van der Waals surface area (Å²) in [6, 6.07) is 6.87. The van der Waals surface area contributed by atoms with Gasteiger partial charge in [-0.05, 0) is 83.7 Å². The molecule has 0 saturated carbocycles. The molecular formula is C23H18O7. The Morgan fingerprint density at radius 2 is 1.47 bits per heavy atom. The lowest BCUT2D eigenvalue weighted by molar-refractivity contribution is -0.111. The summed E-state index contributed by atoms with van der Waals surface area (Å²) < 4.78 is 0. The number of aromatic hydroxyl groups is 2. The summed E-state index contributed by atoms with van der Waals surface area (Å²) in [6.45, 7) is 3.18. The van der Waals surface area contributed by atoms with Crippen LogP contribution in [-0.4, -0.2) is 38.1 Å². The molecule has 0 bridgehead atoms. The van der Waals surface area contributed by atoms with E-state index >= 15 is 0 Å². The number of hydrogen-bond acceptors (Lipinski definition) is 5. The number of aromatic carboxylic acids is 2. The van der Waals surface area contributed by atoms with Crippen molar-refractivity contribution in [3.63, 3.8) is 0 Å². The van der Waals surface area contributed by atoms with Crippen molar-refractivity contribution >= 4 is 23.3 Å². The van der Waals surface area contributed by atoms with Crippen molar-refractivity contribution in [3.05, 3.63) is 87.5 Å². The molecule has 0 saturated heterocycles. The van der Waals surface area contributed by atoms with Crippen molar-refractivity contribution in [2.45, 2.75) is 13.8 Å². The molecule has 2 aromatic rings. The Morgan fingerprint density at radius 1 is 0.833 bits per heavy atom. The lowest BCUT2D eigenvalue weighted by Gasteiger charge is -2.17. The van der Waals surface area contributed by atoms with Crippen LogP contribution >= 0.6 is 0 Å². The quantitative estimate of drug-likeness (QED) is 0.609. The van der Waals surface area contributed by atoms with Crippen LogP contribution in [0.1, 0.15) is 44.3 Å². The normalized spacial score (nSPS) is 15.0. The second kappa shape index (κ2) is 7.71. The van der Waals surface area contributed by atoms with Crippen LogP contribution in [0.3, 0.4) is 0 Å². The van der Waals surface area contributed by atoms with E-state index in [0.29, 0.717) is 33.4 Å². The molecule has 1 aliphatic rings. The molecule has 0 fully saturated rings. The molecule has 0 aromatic heterocycles. The molecular weight excluding hydrogens is 388 g/mol. The molecule has 4 N–H and O–H groups in total. The maximum Gasteiger partial charge on any atom is 0.339 e. The highest BCUT2D eigenvalue weighted by Crippen LogP contribution is 2.36. The van der Waals surface area contributed by atoms with Crippen LogP contribution in [0.2, 0.25) is 0 Å². The fourth-order valence-corrected chi connectivity index (χ4v) is 3.25. The highest BCUT2D eigenvalue weighted by atomic mass is 16.4. The van der Waals surface area contributed by atoms with E-state index in [0.717, 1.165) is 0 Å². The summed E-state index contributed by atoms with van der Waals surface area (Å²) in [4.78, 5) is 34.9. The van der Waals surface area contributed by atoms with Crippen LogP contribution in [0.5, 0.6) is 11.5 Å². The second-order valence-electron chi connectivity index (χ2n) is 6.89. The zero-order valence-electron chi connectivity index (χ0n) is 16.1. The lowest BCUT2D eigenvalue weighted by atomic mass is 9.87. The summed E-state index contributed by atoms with van der Waals surface area (Å²) in [5, 5.41) is 38.8. The van der Waals surface area contributed by atoms with Gasteiger partial charge in [-0.1, -0.05) is 12.1 Å². The molecule has 0 unspecified atom stereocenters. The first-order chi connectivity index (χ1) is 14.1. The average Bonchev–Trinajstić information content (AvgIpc) is 2.68. The Hall–Kier alpha value is -4.13. The summed E-state index contributed by atoms with van der Waals surface area (Å²) in [6.07, 6.45) is 4.54. The minimum Gasteiger partial charge on any atom is -0.507 e. The lowest BCUT2D eigenvalue weighted by Crippen LogP contribution is -2.05. The predicted molar refractivity (Wildman–Crippen MR) is 109 cm³/mol. The molecule has 2 aromatic carbocycles. The summed E-state index contributed by atoms with van der Waals surface area (Å²) in [7, 11) is 0. The predicted octanol–water partition coefficient (Wildman–Crippen LogP) is 3.69. The van der Waals surface area contributed by atoms with Gasteiger partial charge < -0.3 is 20.4 Å². The third kappa shape index (κ3) is 3.73. The van der Waals surface area contributed by atoms with Gasteiger partial charge in [0.05, 0.1) is 0 Å². The Labute approximate surface area is 171 Å². The molecule has 0 spiro atoms. The topological polar surface area (TPSA) is 132 Å². The number of ketones is 1. The first kappa shape index (κ1) is 20.6. The number of benzene rings is 2. The van der Waals surface area contributed by atoms with Crippen molar-refractivity contribution < 1.29 is 34.8 Å². The van der Waals surface area contributed by atoms with E-state index in [2.05, 4.69) is 0 Å². The molecule has 7 nitrogen and oxygen atoms in total. The number of rotatable bonds is 4. The van der Waals surface area contributed by atoms with Crippen LogP contribution < -0.4 is 0 Å². The molecule has 0 atom stereocenters. The monoisotopic (exact) mass is 406 g/mol. The van der Waals surface area contributed by atoms with Crippen molar-refractivity contribution in [1.82, 2.24) is 0 Å². The van der Waals surface area contributed by atoms with Crippen LogP contribution in [0.25, 0.3) is 5.57 Å². The van der Waals surface area contributed by atoms with Gasteiger partial charge in [-0.3, -0.25) is 4.79 Å². The van der Waals surface area contributed by atoms with Gasteiger partial charge in [-0.25, -0.2) is 9.59 Å². The average molecular weight is 406 g/mol. The largest absolute Gasteiger partial charge is 0.507 e. The summed E-state index contributed by atoms with van der Waals surface area (Å²) in [5.41, 5.74) is 1.94. The molecule has 7 heteroatoms. The Balaban J connectivity index is 2.38. The van der Waals surface area contributed by atoms with Crippen molar-refractivity contribution in [1.29, 1.82) is 0 Å². The maximum atomic E-state index is 11.9. The SMILES string of the molecule is CC1=CC(=C(c2ccc(O)c(C(=O)O)c2)c2cc(C)c(O)c(C(=O)O)c2)C=CC1=O. The van der Waals surface area contributed by atoms with E-state index < -0.39 is 17.7 Å². The van der Waals surface area contributed by atoms with Gasteiger partial charge >= 0.3 is 11.9 Å². The van der Waals surface area contributed by atoms with E-state index in [1.54, 1.807) is 32.1 Å². The van der Waals surface area contributed by atoms with Gasteiger partial charge in [0.1, 0.15) is 22.6 Å². The van der Waals surface area contributed by atoms with Crippen LogP contribution in [0, 0.1) is 6.92 Å². The van der Waals surface area contributed by atoms with E-state index in [4.69, 9.17) is 0 Å². The number of carbonyl (C=O) groups excluding carboxylic acids is 1. The highest BCUT2D eigenvalue weighted by Gasteiger charge is 2.21. The Bertz CT molecular complexity index is 1200. The van der Waals surface area contributed by atoms with E-state index in [1.807, 2.05) is 0 Å². The van der Waals surface area contributed by atoms with Gasteiger partial charge in [-0.2, -0.15) is 0 Å². The molecule has 0 radical (unpaired) electrons. The number of carboxylic acids is 2.